The van der Waals surface area contributed by atoms with Gasteiger partial charge in [0.15, 0.2) is 5.78 Å². The molecule has 4 N–H and O–H groups in total. The molecule has 2 fully saturated rings. The first-order valence-electron chi connectivity index (χ1n) is 10.8. The minimum Gasteiger partial charge on any atom is -0.398 e. The van der Waals surface area contributed by atoms with Gasteiger partial charge < -0.3 is 21.1 Å². The van der Waals surface area contributed by atoms with E-state index in [1.54, 1.807) is 31.2 Å². The van der Waals surface area contributed by atoms with Crippen molar-refractivity contribution in [3.63, 3.8) is 0 Å². The molecular formula is C23H34N4O4. The number of nitrogens with one attached hydrogen (secondary N) is 2. The van der Waals surface area contributed by atoms with Crippen LogP contribution in [-0.4, -0.2) is 67.4 Å². The molecule has 8 heteroatoms. The van der Waals surface area contributed by atoms with Crippen LogP contribution in [0, 0.1) is 17.3 Å². The average Bonchev–Trinajstić information content (AvgIpc) is 3.35. The zero-order valence-corrected chi connectivity index (χ0v) is 18.9. The fourth-order valence-electron chi connectivity index (χ4n) is 4.36. The normalized spacial score (nSPS) is 26.2. The summed E-state index contributed by atoms with van der Waals surface area (Å²) in [5, 5.41) is 5.86. The number of hydrogen-bond donors (Lipinski definition) is 3. The van der Waals surface area contributed by atoms with Crippen molar-refractivity contribution in [2.75, 3.05) is 45.1 Å². The number of ether oxygens (including phenoxy) is 1. The predicted molar refractivity (Wildman–Crippen MR) is 118 cm³/mol. The van der Waals surface area contributed by atoms with E-state index in [2.05, 4.69) is 15.5 Å². The second-order valence-corrected chi connectivity index (χ2v) is 9.64. The van der Waals surface area contributed by atoms with Gasteiger partial charge in [-0.2, -0.15) is 0 Å². The van der Waals surface area contributed by atoms with Gasteiger partial charge in [-0.05, 0) is 32.9 Å². The zero-order chi connectivity index (χ0) is 22.8. The van der Waals surface area contributed by atoms with Gasteiger partial charge in [0.1, 0.15) is 0 Å². The Morgan fingerprint density at radius 3 is 2.35 bits per heavy atom. The lowest BCUT2D eigenvalue weighted by atomic mass is 9.91. The Morgan fingerprint density at radius 2 is 1.74 bits per heavy atom. The minimum atomic E-state index is -1.13. The van der Waals surface area contributed by atoms with Gasteiger partial charge in [0.05, 0.1) is 30.5 Å². The lowest BCUT2D eigenvalue weighted by Crippen LogP contribution is -2.43. The summed E-state index contributed by atoms with van der Waals surface area (Å²) >= 11 is 0. The van der Waals surface area contributed by atoms with Crippen molar-refractivity contribution in [1.82, 2.24) is 15.5 Å². The highest BCUT2D eigenvalue weighted by molar-refractivity contribution is 6.14. The standard InChI is InChI=1S/C23H34N4O4/c1-22(2,3)26-21(30)18-17(20(29)25-9-10-27-11-13-31-14-12-27)23(18,4)19(28)15-7-5-6-8-16(15)24/h5-8,17-18H,9-14,24H2,1-4H3,(H,25,29)(H,26,30)/t17-,18+,23+/m0/s1. The van der Waals surface area contributed by atoms with E-state index in [0.29, 0.717) is 37.6 Å². The molecular weight excluding hydrogens is 396 g/mol. The number of nitrogens with two attached hydrogens (primary N) is 1. The van der Waals surface area contributed by atoms with Crippen molar-refractivity contribution in [3.8, 4) is 0 Å². The van der Waals surface area contributed by atoms with Crippen LogP contribution in [0.2, 0.25) is 0 Å². The van der Waals surface area contributed by atoms with Crippen LogP contribution in [0.1, 0.15) is 38.1 Å². The first-order valence-corrected chi connectivity index (χ1v) is 10.8. The van der Waals surface area contributed by atoms with Crippen molar-refractivity contribution in [2.24, 2.45) is 17.3 Å². The SMILES string of the molecule is CC(C)(C)NC(=O)[C@H]1[C@@H](C(=O)NCCN2CCOCC2)[C@@]1(C)C(=O)c1ccccc1N. The van der Waals surface area contributed by atoms with E-state index >= 15 is 0 Å². The van der Waals surface area contributed by atoms with Crippen LogP contribution in [0.25, 0.3) is 0 Å². The number of benzene rings is 1. The van der Waals surface area contributed by atoms with Gasteiger partial charge in [0, 0.05) is 43.0 Å². The molecule has 1 aliphatic heterocycles. The summed E-state index contributed by atoms with van der Waals surface area (Å²) in [6.07, 6.45) is 0. The summed E-state index contributed by atoms with van der Waals surface area (Å²) in [6.45, 7) is 11.5. The van der Waals surface area contributed by atoms with Gasteiger partial charge in [-0.3, -0.25) is 19.3 Å². The van der Waals surface area contributed by atoms with Crippen molar-refractivity contribution in [1.29, 1.82) is 0 Å². The highest BCUT2D eigenvalue weighted by Crippen LogP contribution is 2.60. The zero-order valence-electron chi connectivity index (χ0n) is 18.9. The molecule has 0 bridgehead atoms. The fourth-order valence-corrected chi connectivity index (χ4v) is 4.36. The maximum Gasteiger partial charge on any atom is 0.225 e. The Morgan fingerprint density at radius 1 is 1.13 bits per heavy atom. The number of rotatable bonds is 7. The Bertz CT molecular complexity index is 844. The molecule has 1 heterocycles. The van der Waals surface area contributed by atoms with Gasteiger partial charge in [-0.15, -0.1) is 0 Å². The van der Waals surface area contributed by atoms with Gasteiger partial charge in [0.2, 0.25) is 11.8 Å². The van der Waals surface area contributed by atoms with Crippen LogP contribution in [0.4, 0.5) is 5.69 Å². The van der Waals surface area contributed by atoms with Crippen molar-refractivity contribution in [2.45, 2.75) is 33.2 Å². The van der Waals surface area contributed by atoms with Crippen molar-refractivity contribution >= 4 is 23.3 Å². The summed E-state index contributed by atoms with van der Waals surface area (Å²) < 4.78 is 5.34. The first-order chi connectivity index (χ1) is 14.6. The Hall–Kier alpha value is -2.45. The minimum absolute atomic E-state index is 0.270. The molecule has 3 atom stereocenters. The number of nitrogen functional groups attached to an aromatic ring is 1. The molecule has 1 aliphatic carbocycles. The number of anilines is 1. The van der Waals surface area contributed by atoms with Crippen LogP contribution in [0.3, 0.4) is 0 Å². The number of amides is 2. The summed E-state index contributed by atoms with van der Waals surface area (Å²) in [5.74, 6) is -2.29. The largest absolute Gasteiger partial charge is 0.398 e. The number of ketones is 1. The highest BCUT2D eigenvalue weighted by Gasteiger charge is 2.72. The second-order valence-electron chi connectivity index (χ2n) is 9.64. The van der Waals surface area contributed by atoms with Crippen molar-refractivity contribution < 1.29 is 19.1 Å². The number of nitrogens with zero attached hydrogens (tertiary/aromatic N) is 1. The van der Waals surface area contributed by atoms with E-state index in [4.69, 9.17) is 10.5 Å². The number of carbonyl (C=O) groups is 3. The maximum atomic E-state index is 13.4. The summed E-state index contributed by atoms with van der Waals surface area (Å²) in [5.41, 5.74) is 5.12. The molecule has 1 aromatic carbocycles. The molecule has 1 aromatic rings. The fraction of sp³-hybridized carbons (Fsp3) is 0.609. The molecule has 1 saturated carbocycles. The summed E-state index contributed by atoms with van der Waals surface area (Å²) in [4.78, 5) is 41.7. The van der Waals surface area contributed by atoms with Crippen LogP contribution in [-0.2, 0) is 14.3 Å². The molecule has 31 heavy (non-hydrogen) atoms. The topological polar surface area (TPSA) is 114 Å². The molecule has 0 spiro atoms. The third-order valence-electron chi connectivity index (χ3n) is 6.11. The van der Waals surface area contributed by atoms with Gasteiger partial charge in [-0.1, -0.05) is 19.1 Å². The number of Topliss-reactive ketones (excluding diaryl/α,β-unsaturated/α-hetero) is 1. The summed E-state index contributed by atoms with van der Waals surface area (Å²) in [7, 11) is 0. The third kappa shape index (κ3) is 5.07. The highest BCUT2D eigenvalue weighted by atomic mass is 16.5. The number of morpholine rings is 1. The van der Waals surface area contributed by atoms with Crippen LogP contribution < -0.4 is 16.4 Å². The van der Waals surface area contributed by atoms with Gasteiger partial charge in [0.25, 0.3) is 0 Å². The molecule has 170 valence electrons. The number of carbonyl (C=O) groups excluding carboxylic acids is 3. The van der Waals surface area contributed by atoms with Crippen molar-refractivity contribution in [3.05, 3.63) is 29.8 Å². The molecule has 0 aromatic heterocycles. The second kappa shape index (κ2) is 8.96. The van der Waals surface area contributed by atoms with E-state index in [-0.39, 0.29) is 17.6 Å². The maximum absolute atomic E-state index is 13.4. The van der Waals surface area contributed by atoms with E-state index < -0.39 is 22.8 Å². The average molecular weight is 431 g/mol. The van der Waals surface area contributed by atoms with E-state index in [0.717, 1.165) is 13.1 Å². The lowest BCUT2D eigenvalue weighted by molar-refractivity contribution is -0.128. The lowest BCUT2D eigenvalue weighted by Gasteiger charge is -2.26. The van der Waals surface area contributed by atoms with Crippen LogP contribution in [0.5, 0.6) is 0 Å². The smallest absolute Gasteiger partial charge is 0.225 e. The Labute approximate surface area is 183 Å². The van der Waals surface area contributed by atoms with Gasteiger partial charge in [-0.25, -0.2) is 0 Å². The number of hydrogen-bond acceptors (Lipinski definition) is 6. The predicted octanol–water partition coefficient (Wildman–Crippen LogP) is 1.07. The Balaban J connectivity index is 1.74. The molecule has 3 rings (SSSR count). The molecule has 2 amide bonds. The third-order valence-corrected chi connectivity index (χ3v) is 6.11. The molecule has 2 aliphatic rings. The molecule has 1 saturated heterocycles. The monoisotopic (exact) mass is 430 g/mol. The van der Waals surface area contributed by atoms with Crippen LogP contribution >= 0.6 is 0 Å². The van der Waals surface area contributed by atoms with E-state index in [1.165, 1.54) is 0 Å². The molecule has 8 nitrogen and oxygen atoms in total. The number of para-hydroxylation sites is 1. The Kier molecular flexibility index (Phi) is 6.71. The molecule has 0 radical (unpaired) electrons. The van der Waals surface area contributed by atoms with E-state index in [9.17, 15) is 14.4 Å². The van der Waals surface area contributed by atoms with E-state index in [1.807, 2.05) is 20.8 Å². The van der Waals surface area contributed by atoms with Gasteiger partial charge >= 0.3 is 0 Å². The van der Waals surface area contributed by atoms with Crippen LogP contribution in [0.15, 0.2) is 24.3 Å². The summed E-state index contributed by atoms with van der Waals surface area (Å²) in [6, 6.07) is 6.78. The quantitative estimate of drug-likeness (QED) is 0.440. The first kappa shape index (κ1) is 23.2. The molecule has 0 unspecified atom stereocenters.